The fourth-order valence-corrected chi connectivity index (χ4v) is 2.98. The van der Waals surface area contributed by atoms with Crippen LogP contribution in [0.15, 0.2) is 10.4 Å². The quantitative estimate of drug-likeness (QED) is 0.678. The average molecular weight is 384 g/mol. The molecule has 0 aromatic rings. The number of rotatable bonds is 7. The molecule has 0 bridgehead atoms. The number of carbonyl (C=O) groups is 2. The molecule has 1 amide bonds. The third-order valence-corrected chi connectivity index (χ3v) is 5.31. The van der Waals surface area contributed by atoms with Crippen LogP contribution < -0.4 is 5.32 Å². The summed E-state index contributed by atoms with van der Waals surface area (Å²) in [7, 11) is -3.71. The monoisotopic (exact) mass is 383 g/mol. The highest BCUT2D eigenvalue weighted by atomic mass is 35.5. The number of nitrogens with one attached hydrogen (secondary N) is 1. The molecule has 0 spiro atoms. The van der Waals surface area contributed by atoms with E-state index in [2.05, 4.69) is 5.32 Å². The van der Waals surface area contributed by atoms with E-state index in [9.17, 15) is 18.0 Å². The number of halogens is 1. The number of hydrogen-bond donors (Lipinski definition) is 1. The van der Waals surface area contributed by atoms with Crippen LogP contribution in [0.4, 0.5) is 4.79 Å². The molecule has 0 fully saturated rings. The highest BCUT2D eigenvalue weighted by Gasteiger charge is 2.25. The van der Waals surface area contributed by atoms with Crippen LogP contribution >= 0.6 is 11.6 Å². The lowest BCUT2D eigenvalue weighted by Gasteiger charge is -2.22. The van der Waals surface area contributed by atoms with Crippen LogP contribution in [0.5, 0.6) is 0 Å². The molecule has 0 aliphatic carbocycles. The van der Waals surface area contributed by atoms with Crippen LogP contribution in [0.25, 0.3) is 0 Å². The summed E-state index contributed by atoms with van der Waals surface area (Å²) in [5.74, 6) is -0.596. The Kier molecular flexibility index (Phi) is 8.77. The lowest BCUT2D eigenvalue weighted by atomic mass is 10.2. The van der Waals surface area contributed by atoms with E-state index in [1.807, 2.05) is 0 Å². The first-order valence-electron chi connectivity index (χ1n) is 7.56. The fraction of sp³-hybridized carbons (Fsp3) is 0.733. The second kappa shape index (κ2) is 9.27. The Morgan fingerprint density at radius 2 is 1.79 bits per heavy atom. The van der Waals surface area contributed by atoms with E-state index in [0.717, 1.165) is 6.08 Å². The van der Waals surface area contributed by atoms with Crippen LogP contribution in [-0.2, 0) is 24.1 Å². The van der Waals surface area contributed by atoms with E-state index >= 15 is 0 Å². The van der Waals surface area contributed by atoms with Gasteiger partial charge in [0.1, 0.15) is 9.97 Å². The highest BCUT2D eigenvalue weighted by Crippen LogP contribution is 2.19. The first-order valence-corrected chi connectivity index (χ1v) is 9.48. The van der Waals surface area contributed by atoms with Crippen molar-refractivity contribution in [3.63, 3.8) is 0 Å². The van der Waals surface area contributed by atoms with Crippen molar-refractivity contribution in [3.8, 4) is 0 Å². The van der Waals surface area contributed by atoms with Crippen LogP contribution in [0.3, 0.4) is 0 Å². The highest BCUT2D eigenvalue weighted by molar-refractivity contribution is 7.97. The van der Waals surface area contributed by atoms with Gasteiger partial charge in [0.05, 0.1) is 24.3 Å². The fourth-order valence-electron chi connectivity index (χ4n) is 1.49. The van der Waals surface area contributed by atoms with E-state index in [1.54, 1.807) is 27.7 Å². The van der Waals surface area contributed by atoms with Crippen LogP contribution in [0.2, 0.25) is 0 Å². The van der Waals surface area contributed by atoms with Gasteiger partial charge in [0.25, 0.3) is 0 Å². The molecule has 0 rings (SSSR count). The number of ether oxygens (including phenoxy) is 2. The third kappa shape index (κ3) is 8.54. The van der Waals surface area contributed by atoms with Gasteiger partial charge in [0.2, 0.25) is 0 Å². The van der Waals surface area contributed by atoms with Gasteiger partial charge in [0, 0.05) is 0 Å². The standard InChI is InChI=1S/C15H26ClNO6S/c1-7-22-13(18)9-11(17-14(19)23-15(4,5)6)8-12(16)24(20,21)10(2)3/h8,10-11H,7,9H2,1-6H3,(H,17,19)/b12-8+/t11-/m1/s1. The third-order valence-electron chi connectivity index (χ3n) is 2.62. The molecular weight excluding hydrogens is 358 g/mol. The van der Waals surface area contributed by atoms with Gasteiger partial charge in [-0.2, -0.15) is 0 Å². The van der Waals surface area contributed by atoms with Gasteiger partial charge in [-0.25, -0.2) is 13.2 Å². The number of esters is 1. The van der Waals surface area contributed by atoms with Crippen molar-refractivity contribution < 1.29 is 27.5 Å². The summed E-state index contributed by atoms with van der Waals surface area (Å²) in [5, 5.41) is 1.69. The van der Waals surface area contributed by atoms with Crippen LogP contribution in [-0.4, -0.2) is 44.0 Å². The van der Waals surface area contributed by atoms with Crippen molar-refractivity contribution in [1.82, 2.24) is 5.32 Å². The number of hydrogen-bond acceptors (Lipinski definition) is 6. The molecule has 0 saturated heterocycles. The summed E-state index contributed by atoms with van der Waals surface area (Å²) in [4.78, 5) is 23.5. The van der Waals surface area contributed by atoms with Crippen LogP contribution in [0.1, 0.15) is 48.0 Å². The Bertz CT molecular complexity index is 577. The molecule has 0 radical (unpaired) electrons. The summed E-state index contributed by atoms with van der Waals surface area (Å²) >= 11 is 5.87. The SMILES string of the molecule is CCOC(=O)C[C@@H](/C=C(\Cl)S(=O)(=O)C(C)C)NC(=O)OC(C)(C)C. The predicted molar refractivity (Wildman–Crippen MR) is 92.4 cm³/mol. The Balaban J connectivity index is 5.34. The minimum Gasteiger partial charge on any atom is -0.466 e. The molecule has 0 heterocycles. The zero-order valence-corrected chi connectivity index (χ0v) is 16.5. The molecule has 0 unspecified atom stereocenters. The topological polar surface area (TPSA) is 98.8 Å². The zero-order valence-electron chi connectivity index (χ0n) is 14.9. The number of alkyl carbamates (subject to hydrolysis) is 1. The minimum absolute atomic E-state index is 0.166. The van der Waals surface area contributed by atoms with E-state index in [-0.39, 0.29) is 13.0 Å². The van der Waals surface area contributed by atoms with Gasteiger partial charge in [-0.05, 0) is 47.6 Å². The van der Waals surface area contributed by atoms with Crippen LogP contribution in [0, 0.1) is 0 Å². The Labute approximate surface area is 148 Å². The lowest BCUT2D eigenvalue weighted by molar-refractivity contribution is -0.143. The number of carbonyl (C=O) groups excluding carboxylic acids is 2. The zero-order chi connectivity index (χ0) is 19.1. The van der Waals surface area contributed by atoms with E-state index in [0.29, 0.717) is 0 Å². The van der Waals surface area contributed by atoms with Crippen molar-refractivity contribution >= 4 is 33.5 Å². The smallest absolute Gasteiger partial charge is 0.408 e. The van der Waals surface area contributed by atoms with Gasteiger partial charge in [0.15, 0.2) is 9.84 Å². The van der Waals surface area contributed by atoms with Crippen molar-refractivity contribution in [2.24, 2.45) is 0 Å². The summed E-state index contributed by atoms with van der Waals surface area (Å²) < 4.78 is 33.5. The molecule has 0 aliphatic rings. The molecule has 0 aliphatic heterocycles. The Morgan fingerprint density at radius 1 is 1.25 bits per heavy atom. The normalized spacial score (nSPS) is 14.2. The predicted octanol–water partition coefficient (Wildman–Crippen LogP) is 2.74. The van der Waals surface area contributed by atoms with Gasteiger partial charge in [-0.1, -0.05) is 11.6 Å². The number of sulfone groups is 1. The molecule has 24 heavy (non-hydrogen) atoms. The molecule has 7 nitrogen and oxygen atoms in total. The van der Waals surface area contributed by atoms with Crippen molar-refractivity contribution in [1.29, 1.82) is 0 Å². The second-order valence-corrected chi connectivity index (χ2v) is 9.43. The molecule has 1 N–H and O–H groups in total. The largest absolute Gasteiger partial charge is 0.466 e. The molecule has 0 aromatic heterocycles. The molecule has 0 saturated carbocycles. The van der Waals surface area contributed by atoms with Gasteiger partial charge in [-0.15, -0.1) is 0 Å². The maximum absolute atomic E-state index is 12.0. The van der Waals surface area contributed by atoms with Gasteiger partial charge < -0.3 is 14.8 Å². The second-order valence-electron chi connectivity index (χ2n) is 6.33. The minimum atomic E-state index is -3.71. The summed E-state index contributed by atoms with van der Waals surface area (Å²) in [5.41, 5.74) is -0.740. The summed E-state index contributed by atoms with van der Waals surface area (Å²) in [6.07, 6.45) is 0.0497. The molecule has 140 valence electrons. The average Bonchev–Trinajstić information content (AvgIpc) is 2.35. The maximum atomic E-state index is 12.0. The Morgan fingerprint density at radius 3 is 2.21 bits per heavy atom. The molecule has 9 heteroatoms. The summed E-state index contributed by atoms with van der Waals surface area (Å²) in [6.45, 7) is 9.80. The van der Waals surface area contributed by atoms with E-state index in [4.69, 9.17) is 21.1 Å². The lowest BCUT2D eigenvalue weighted by Crippen LogP contribution is -2.39. The first-order chi connectivity index (χ1) is 10.8. The van der Waals surface area contributed by atoms with Crippen molar-refractivity contribution in [3.05, 3.63) is 10.4 Å². The van der Waals surface area contributed by atoms with Gasteiger partial charge >= 0.3 is 12.1 Å². The maximum Gasteiger partial charge on any atom is 0.408 e. The molecule has 0 aromatic carbocycles. The van der Waals surface area contributed by atoms with Crippen molar-refractivity contribution in [2.75, 3.05) is 6.61 Å². The van der Waals surface area contributed by atoms with E-state index in [1.165, 1.54) is 13.8 Å². The van der Waals surface area contributed by atoms with Crippen molar-refractivity contribution in [2.45, 2.75) is 64.9 Å². The first kappa shape index (κ1) is 22.7. The summed E-state index contributed by atoms with van der Waals surface area (Å²) in [6, 6.07) is -0.972. The number of amides is 1. The van der Waals surface area contributed by atoms with E-state index < -0.39 is 43.2 Å². The Hall–Kier alpha value is -1.28. The van der Waals surface area contributed by atoms with Gasteiger partial charge in [-0.3, -0.25) is 4.79 Å². The molecular formula is C15H26ClNO6S. The molecule has 1 atom stereocenters.